The van der Waals surface area contributed by atoms with E-state index in [1.54, 1.807) is 36.4 Å². The Balaban J connectivity index is 1.81. The Labute approximate surface area is 165 Å². The van der Waals surface area contributed by atoms with E-state index in [1.807, 2.05) is 6.92 Å². The van der Waals surface area contributed by atoms with Crippen molar-refractivity contribution in [3.63, 3.8) is 0 Å². The Kier molecular flexibility index (Phi) is 6.13. The molecule has 2 amide bonds. The van der Waals surface area contributed by atoms with Crippen molar-refractivity contribution in [1.82, 2.24) is 4.90 Å². The van der Waals surface area contributed by atoms with E-state index >= 15 is 0 Å². The highest BCUT2D eigenvalue weighted by atomic mass is 35.5. The lowest BCUT2D eigenvalue weighted by atomic mass is 10.2. The molecule has 2 aromatic carbocycles. The highest BCUT2D eigenvalue weighted by Gasteiger charge is 2.35. The molecule has 140 valence electrons. The van der Waals surface area contributed by atoms with Gasteiger partial charge in [0.1, 0.15) is 11.1 Å². The SMILES string of the molecule is CCN1C(=O)CC(C(=O)Nc2ccccc2F)SC1=Nc1ccc(Cl)cc1. The minimum Gasteiger partial charge on any atom is -0.323 e. The number of para-hydroxylation sites is 1. The van der Waals surface area contributed by atoms with Crippen molar-refractivity contribution in [3.05, 3.63) is 59.4 Å². The molecule has 1 fully saturated rings. The fraction of sp³-hybridized carbons (Fsp3) is 0.211. The summed E-state index contributed by atoms with van der Waals surface area (Å²) in [4.78, 5) is 31.1. The van der Waals surface area contributed by atoms with E-state index in [0.29, 0.717) is 22.4 Å². The molecule has 1 heterocycles. The van der Waals surface area contributed by atoms with E-state index in [-0.39, 0.29) is 18.0 Å². The molecule has 0 aliphatic carbocycles. The highest BCUT2D eigenvalue weighted by molar-refractivity contribution is 8.15. The van der Waals surface area contributed by atoms with Gasteiger partial charge in [0.15, 0.2) is 5.17 Å². The molecule has 5 nitrogen and oxygen atoms in total. The largest absolute Gasteiger partial charge is 0.323 e. The van der Waals surface area contributed by atoms with Crippen LogP contribution >= 0.6 is 23.4 Å². The molecule has 1 aliphatic heterocycles. The maximum atomic E-state index is 13.8. The van der Waals surface area contributed by atoms with Gasteiger partial charge >= 0.3 is 0 Å². The first-order valence-electron chi connectivity index (χ1n) is 8.34. The number of carbonyl (C=O) groups excluding carboxylic acids is 2. The fourth-order valence-electron chi connectivity index (χ4n) is 2.55. The maximum Gasteiger partial charge on any atom is 0.238 e. The minimum atomic E-state index is -0.689. The molecule has 3 rings (SSSR count). The van der Waals surface area contributed by atoms with E-state index < -0.39 is 17.0 Å². The molecular weight excluding hydrogens is 389 g/mol. The van der Waals surface area contributed by atoms with Crippen LogP contribution in [0.3, 0.4) is 0 Å². The predicted molar refractivity (Wildman–Crippen MR) is 107 cm³/mol. The van der Waals surface area contributed by atoms with Gasteiger partial charge in [-0.2, -0.15) is 0 Å². The maximum absolute atomic E-state index is 13.8. The molecule has 27 heavy (non-hydrogen) atoms. The van der Waals surface area contributed by atoms with Crippen molar-refractivity contribution in [2.75, 3.05) is 11.9 Å². The molecule has 1 atom stereocenters. The fourth-order valence-corrected chi connectivity index (χ4v) is 3.84. The Hall–Kier alpha value is -2.38. The number of amidine groups is 1. The zero-order chi connectivity index (χ0) is 19.4. The van der Waals surface area contributed by atoms with Gasteiger partial charge in [0.2, 0.25) is 11.8 Å². The van der Waals surface area contributed by atoms with Crippen LogP contribution in [-0.2, 0) is 9.59 Å². The number of hydrogen-bond donors (Lipinski definition) is 1. The van der Waals surface area contributed by atoms with E-state index in [0.717, 1.165) is 0 Å². The van der Waals surface area contributed by atoms with Gasteiger partial charge in [0.05, 0.1) is 11.4 Å². The quantitative estimate of drug-likeness (QED) is 0.816. The number of nitrogens with zero attached hydrogens (tertiary/aromatic N) is 2. The van der Waals surface area contributed by atoms with Crippen molar-refractivity contribution in [3.8, 4) is 0 Å². The van der Waals surface area contributed by atoms with Crippen LogP contribution in [0.25, 0.3) is 0 Å². The summed E-state index contributed by atoms with van der Waals surface area (Å²) in [6.07, 6.45) is 0.0262. The summed E-state index contributed by atoms with van der Waals surface area (Å²) in [6.45, 7) is 2.29. The van der Waals surface area contributed by atoms with E-state index in [9.17, 15) is 14.0 Å². The van der Waals surface area contributed by atoms with Gasteiger partial charge in [-0.3, -0.25) is 14.5 Å². The minimum absolute atomic E-state index is 0.0262. The second kappa shape index (κ2) is 8.54. The molecular formula is C19H17ClFN3O2S. The molecule has 0 radical (unpaired) electrons. The monoisotopic (exact) mass is 405 g/mol. The molecule has 0 saturated carbocycles. The number of halogens is 2. The second-order valence-corrected chi connectivity index (χ2v) is 7.39. The van der Waals surface area contributed by atoms with Gasteiger partial charge in [0, 0.05) is 18.0 Å². The average molecular weight is 406 g/mol. The number of anilines is 1. The Morgan fingerprint density at radius 2 is 2.00 bits per heavy atom. The lowest BCUT2D eigenvalue weighted by Crippen LogP contribution is -2.45. The highest BCUT2D eigenvalue weighted by Crippen LogP contribution is 2.30. The number of amides is 2. The number of rotatable bonds is 4. The first kappa shape index (κ1) is 19.4. The van der Waals surface area contributed by atoms with Gasteiger partial charge in [-0.1, -0.05) is 35.5 Å². The summed E-state index contributed by atoms with van der Waals surface area (Å²) in [5.74, 6) is -1.15. The molecule has 0 aromatic heterocycles. The van der Waals surface area contributed by atoms with Crippen LogP contribution in [0, 0.1) is 5.82 Å². The normalized spacial score (nSPS) is 18.6. The standard InChI is InChI=1S/C19H17ClFN3O2S/c1-2-24-17(25)11-16(18(26)23-15-6-4-3-5-14(15)21)27-19(24)22-13-9-7-12(20)8-10-13/h3-10,16H,2,11H2,1H3,(H,23,26). The predicted octanol–water partition coefficient (Wildman–Crippen LogP) is 4.46. The van der Waals surface area contributed by atoms with Crippen molar-refractivity contribution in [1.29, 1.82) is 0 Å². The van der Waals surface area contributed by atoms with Gasteiger partial charge in [0.25, 0.3) is 0 Å². The van der Waals surface area contributed by atoms with Crippen LogP contribution < -0.4 is 5.32 Å². The summed E-state index contributed by atoms with van der Waals surface area (Å²) in [5, 5.41) is 2.88. The zero-order valence-electron chi connectivity index (χ0n) is 14.5. The molecule has 0 spiro atoms. The first-order valence-corrected chi connectivity index (χ1v) is 9.60. The third-order valence-electron chi connectivity index (χ3n) is 3.93. The van der Waals surface area contributed by atoms with Crippen LogP contribution in [0.1, 0.15) is 13.3 Å². The van der Waals surface area contributed by atoms with Crippen molar-refractivity contribution >= 4 is 51.7 Å². The van der Waals surface area contributed by atoms with E-state index in [4.69, 9.17) is 11.6 Å². The number of carbonyl (C=O) groups is 2. The Bertz CT molecular complexity index is 889. The number of hydrogen-bond acceptors (Lipinski definition) is 4. The number of thioether (sulfide) groups is 1. The molecule has 1 saturated heterocycles. The summed E-state index contributed by atoms with van der Waals surface area (Å²) in [7, 11) is 0. The van der Waals surface area contributed by atoms with Crippen LogP contribution in [0.4, 0.5) is 15.8 Å². The topological polar surface area (TPSA) is 61.8 Å². The Morgan fingerprint density at radius 3 is 2.67 bits per heavy atom. The molecule has 1 N–H and O–H groups in total. The third kappa shape index (κ3) is 4.67. The van der Waals surface area contributed by atoms with Crippen LogP contribution in [0.5, 0.6) is 0 Å². The number of aliphatic imine (C=N–C) groups is 1. The lowest BCUT2D eigenvalue weighted by molar-refractivity contribution is -0.129. The molecule has 0 bridgehead atoms. The molecule has 1 aliphatic rings. The number of nitrogens with one attached hydrogen (secondary N) is 1. The zero-order valence-corrected chi connectivity index (χ0v) is 16.1. The van der Waals surface area contributed by atoms with Gasteiger partial charge in [-0.15, -0.1) is 0 Å². The molecule has 1 unspecified atom stereocenters. The first-order chi connectivity index (χ1) is 13.0. The van der Waals surface area contributed by atoms with Gasteiger partial charge in [-0.05, 0) is 43.3 Å². The average Bonchev–Trinajstić information content (AvgIpc) is 2.65. The summed E-state index contributed by atoms with van der Waals surface area (Å²) < 4.78 is 13.8. The van der Waals surface area contributed by atoms with Crippen molar-refractivity contribution < 1.29 is 14.0 Å². The van der Waals surface area contributed by atoms with E-state index in [2.05, 4.69) is 10.3 Å². The summed E-state index contributed by atoms with van der Waals surface area (Å²) in [5.41, 5.74) is 0.716. The molecule has 8 heteroatoms. The van der Waals surface area contributed by atoms with Gasteiger partial charge in [-0.25, -0.2) is 9.38 Å². The summed E-state index contributed by atoms with van der Waals surface area (Å²) in [6, 6.07) is 12.8. The van der Waals surface area contributed by atoms with Crippen LogP contribution in [0.2, 0.25) is 5.02 Å². The second-order valence-electron chi connectivity index (χ2n) is 5.79. The van der Waals surface area contributed by atoms with Crippen molar-refractivity contribution in [2.45, 2.75) is 18.6 Å². The van der Waals surface area contributed by atoms with Crippen LogP contribution in [0.15, 0.2) is 53.5 Å². The lowest BCUT2D eigenvalue weighted by Gasteiger charge is -2.30. The van der Waals surface area contributed by atoms with Crippen LogP contribution in [-0.4, -0.2) is 33.7 Å². The Morgan fingerprint density at radius 1 is 1.30 bits per heavy atom. The summed E-state index contributed by atoms with van der Waals surface area (Å²) >= 11 is 7.07. The molecule has 2 aromatic rings. The smallest absolute Gasteiger partial charge is 0.238 e. The number of benzene rings is 2. The van der Waals surface area contributed by atoms with E-state index in [1.165, 1.54) is 28.8 Å². The third-order valence-corrected chi connectivity index (χ3v) is 5.37. The van der Waals surface area contributed by atoms with Gasteiger partial charge < -0.3 is 5.32 Å². The van der Waals surface area contributed by atoms with Crippen molar-refractivity contribution in [2.24, 2.45) is 4.99 Å².